The molecule has 0 spiro atoms. The normalized spacial score (nSPS) is 18.0. The fourth-order valence-corrected chi connectivity index (χ4v) is 3.40. The lowest BCUT2D eigenvalue weighted by atomic mass is 9.94. The van der Waals surface area contributed by atoms with E-state index < -0.39 is 21.0 Å². The second-order valence-corrected chi connectivity index (χ2v) is 9.08. The predicted octanol–water partition coefficient (Wildman–Crippen LogP) is 1.13. The van der Waals surface area contributed by atoms with Gasteiger partial charge in [-0.05, 0) is 6.92 Å². The van der Waals surface area contributed by atoms with Crippen LogP contribution in [0, 0.1) is 0 Å². The second-order valence-electron chi connectivity index (χ2n) is 6.76. The monoisotopic (exact) mass is 344 g/mol. The maximum absolute atomic E-state index is 12.5. The van der Waals surface area contributed by atoms with Gasteiger partial charge in [0.1, 0.15) is 16.8 Å². The molecule has 8 heteroatoms. The summed E-state index contributed by atoms with van der Waals surface area (Å²) in [6.07, 6.45) is 1.54. The molecule has 1 amide bonds. The zero-order chi connectivity index (χ0) is 17.3. The van der Waals surface area contributed by atoms with Gasteiger partial charge in [-0.2, -0.15) is 0 Å². The average Bonchev–Trinajstić information content (AvgIpc) is 2.94. The van der Waals surface area contributed by atoms with Gasteiger partial charge in [-0.3, -0.25) is 4.79 Å². The number of nitrogens with zero attached hydrogens (tertiary/aromatic N) is 2. The van der Waals surface area contributed by atoms with E-state index in [4.69, 9.17) is 9.15 Å². The molecule has 0 radical (unpaired) electrons. The van der Waals surface area contributed by atoms with Crippen LogP contribution in [0.5, 0.6) is 0 Å². The number of aromatic nitrogens is 1. The molecule has 1 aromatic rings. The standard InChI is InChI=1S/C15H24N2O5S/c1-11(14(18)17-5-7-21-8-6-17)23(19,20)10-13-16-9-12(22-13)15(2,3)4/h9,11H,5-8,10H2,1-4H3. The number of hydrogen-bond acceptors (Lipinski definition) is 6. The Morgan fingerprint density at radius 3 is 2.48 bits per heavy atom. The van der Waals surface area contributed by atoms with Crippen LogP contribution >= 0.6 is 0 Å². The Labute approximate surface area is 136 Å². The largest absolute Gasteiger partial charge is 0.444 e. The number of oxazole rings is 1. The molecule has 1 aromatic heterocycles. The van der Waals surface area contributed by atoms with E-state index in [0.29, 0.717) is 32.1 Å². The fraction of sp³-hybridized carbons (Fsp3) is 0.733. The van der Waals surface area contributed by atoms with Crippen LogP contribution in [0.4, 0.5) is 0 Å². The van der Waals surface area contributed by atoms with Gasteiger partial charge in [0.15, 0.2) is 9.84 Å². The first-order valence-corrected chi connectivity index (χ1v) is 9.36. The molecule has 0 aliphatic carbocycles. The lowest BCUT2D eigenvalue weighted by Crippen LogP contribution is -2.47. The van der Waals surface area contributed by atoms with Gasteiger partial charge in [0.25, 0.3) is 0 Å². The fourth-order valence-electron chi connectivity index (χ4n) is 2.22. The molecule has 2 heterocycles. The molecule has 1 saturated heterocycles. The smallest absolute Gasteiger partial charge is 0.240 e. The Kier molecular flexibility index (Phi) is 5.15. The highest BCUT2D eigenvalue weighted by Gasteiger charge is 2.34. The summed E-state index contributed by atoms with van der Waals surface area (Å²) in [7, 11) is -3.68. The van der Waals surface area contributed by atoms with Crippen LogP contribution in [-0.2, 0) is 30.5 Å². The molecule has 1 fully saturated rings. The maximum atomic E-state index is 12.5. The van der Waals surface area contributed by atoms with Crippen molar-refractivity contribution in [3.8, 4) is 0 Å². The van der Waals surface area contributed by atoms with Crippen LogP contribution in [-0.4, -0.2) is 55.8 Å². The third-order valence-corrected chi connectivity index (χ3v) is 5.75. The first kappa shape index (κ1) is 17.9. The molecule has 23 heavy (non-hydrogen) atoms. The van der Waals surface area contributed by atoms with Crippen molar-refractivity contribution < 1.29 is 22.4 Å². The third kappa shape index (κ3) is 4.32. The van der Waals surface area contributed by atoms with Gasteiger partial charge in [-0.15, -0.1) is 0 Å². The van der Waals surface area contributed by atoms with E-state index in [1.165, 1.54) is 11.8 Å². The molecule has 1 aliphatic heterocycles. The van der Waals surface area contributed by atoms with Gasteiger partial charge in [-0.1, -0.05) is 20.8 Å². The van der Waals surface area contributed by atoms with E-state index >= 15 is 0 Å². The first-order valence-electron chi connectivity index (χ1n) is 7.64. The minimum Gasteiger partial charge on any atom is -0.444 e. The molecule has 7 nitrogen and oxygen atoms in total. The van der Waals surface area contributed by atoms with Crippen molar-refractivity contribution in [3.05, 3.63) is 17.8 Å². The van der Waals surface area contributed by atoms with Gasteiger partial charge in [0.05, 0.1) is 19.4 Å². The van der Waals surface area contributed by atoms with Gasteiger partial charge in [0.2, 0.25) is 11.8 Å². The summed E-state index contributed by atoms with van der Waals surface area (Å²) in [4.78, 5) is 17.9. The summed E-state index contributed by atoms with van der Waals surface area (Å²) in [5, 5.41) is -1.12. The highest BCUT2D eigenvalue weighted by atomic mass is 32.2. The summed E-state index contributed by atoms with van der Waals surface area (Å²) in [6, 6.07) is 0. The molecule has 0 N–H and O–H groups in total. The number of carbonyl (C=O) groups is 1. The number of carbonyl (C=O) groups excluding carboxylic acids is 1. The molecule has 1 unspecified atom stereocenters. The SMILES string of the molecule is CC(C(=O)N1CCOCC1)S(=O)(=O)Cc1ncc(C(C)(C)C)o1. The van der Waals surface area contributed by atoms with Gasteiger partial charge in [0, 0.05) is 18.5 Å². The summed E-state index contributed by atoms with van der Waals surface area (Å²) < 4.78 is 35.6. The lowest BCUT2D eigenvalue weighted by molar-refractivity contribution is -0.134. The quantitative estimate of drug-likeness (QED) is 0.813. The van der Waals surface area contributed by atoms with Crippen molar-refractivity contribution in [2.75, 3.05) is 26.3 Å². The Bertz CT molecular complexity index is 654. The summed E-state index contributed by atoms with van der Waals surface area (Å²) >= 11 is 0. The van der Waals surface area contributed by atoms with E-state index in [1.54, 1.807) is 6.20 Å². The molecule has 0 aromatic carbocycles. The molecular formula is C15H24N2O5S. The van der Waals surface area contributed by atoms with E-state index in [0.717, 1.165) is 0 Å². The van der Waals surface area contributed by atoms with Crippen molar-refractivity contribution in [1.29, 1.82) is 0 Å². The van der Waals surface area contributed by atoms with Crippen LogP contribution in [0.15, 0.2) is 10.6 Å². The Morgan fingerprint density at radius 1 is 1.35 bits per heavy atom. The number of ether oxygens (including phenoxy) is 1. The number of morpholine rings is 1. The zero-order valence-corrected chi connectivity index (χ0v) is 14.9. The molecule has 1 aliphatic rings. The Balaban J connectivity index is 2.08. The molecule has 130 valence electrons. The van der Waals surface area contributed by atoms with Crippen molar-refractivity contribution in [3.63, 3.8) is 0 Å². The van der Waals surface area contributed by atoms with Crippen molar-refractivity contribution >= 4 is 15.7 Å². The zero-order valence-electron chi connectivity index (χ0n) is 14.0. The topological polar surface area (TPSA) is 89.7 Å². The third-order valence-electron chi connectivity index (χ3n) is 3.83. The molecule has 0 saturated carbocycles. The van der Waals surface area contributed by atoms with Crippen molar-refractivity contribution in [2.45, 2.75) is 44.1 Å². The molecule has 0 bridgehead atoms. The summed E-state index contributed by atoms with van der Waals surface area (Å²) in [6.45, 7) is 9.00. The van der Waals surface area contributed by atoms with Crippen molar-refractivity contribution in [1.82, 2.24) is 9.88 Å². The summed E-state index contributed by atoms with van der Waals surface area (Å²) in [5.74, 6) is -0.0253. The first-order chi connectivity index (χ1) is 10.6. The van der Waals surface area contributed by atoms with E-state index in [2.05, 4.69) is 4.98 Å². The number of hydrogen-bond donors (Lipinski definition) is 0. The van der Waals surface area contributed by atoms with E-state index in [1.807, 2.05) is 20.8 Å². The van der Waals surface area contributed by atoms with Crippen molar-refractivity contribution in [2.24, 2.45) is 0 Å². The molecule has 2 rings (SSSR count). The van der Waals surface area contributed by atoms with E-state index in [9.17, 15) is 13.2 Å². The van der Waals surface area contributed by atoms with Crippen LogP contribution in [0.25, 0.3) is 0 Å². The maximum Gasteiger partial charge on any atom is 0.240 e. The highest BCUT2D eigenvalue weighted by Crippen LogP contribution is 2.24. The number of amides is 1. The van der Waals surface area contributed by atoms with Crippen LogP contribution < -0.4 is 0 Å². The van der Waals surface area contributed by atoms with Gasteiger partial charge >= 0.3 is 0 Å². The number of sulfone groups is 1. The second kappa shape index (κ2) is 6.60. The Hall–Kier alpha value is -1.41. The predicted molar refractivity (Wildman–Crippen MR) is 84.7 cm³/mol. The lowest BCUT2D eigenvalue weighted by Gasteiger charge is -2.28. The molecular weight excluding hydrogens is 320 g/mol. The van der Waals surface area contributed by atoms with E-state index in [-0.39, 0.29) is 17.1 Å². The van der Waals surface area contributed by atoms with Gasteiger partial charge in [-0.25, -0.2) is 13.4 Å². The van der Waals surface area contributed by atoms with Crippen LogP contribution in [0.2, 0.25) is 0 Å². The Morgan fingerprint density at radius 2 is 1.96 bits per heavy atom. The minimum absolute atomic E-state index is 0.122. The number of rotatable bonds is 4. The van der Waals surface area contributed by atoms with Crippen LogP contribution in [0.1, 0.15) is 39.3 Å². The molecule has 1 atom stereocenters. The van der Waals surface area contributed by atoms with Gasteiger partial charge < -0.3 is 14.1 Å². The average molecular weight is 344 g/mol. The highest BCUT2D eigenvalue weighted by molar-refractivity contribution is 7.92. The van der Waals surface area contributed by atoms with Crippen LogP contribution in [0.3, 0.4) is 0 Å². The minimum atomic E-state index is -3.68. The summed E-state index contributed by atoms with van der Waals surface area (Å²) in [5.41, 5.74) is -0.246.